The molecule has 1 aromatic rings. The third-order valence-electron chi connectivity index (χ3n) is 3.79. The van der Waals surface area contributed by atoms with Crippen molar-refractivity contribution in [3.63, 3.8) is 0 Å². The molecule has 1 saturated heterocycles. The molecule has 1 N–H and O–H groups in total. The van der Waals surface area contributed by atoms with Crippen molar-refractivity contribution >= 4 is 0 Å². The summed E-state index contributed by atoms with van der Waals surface area (Å²) in [6.07, 6.45) is 2.18. The Labute approximate surface area is 121 Å². The van der Waals surface area contributed by atoms with Gasteiger partial charge in [-0.2, -0.15) is 0 Å². The summed E-state index contributed by atoms with van der Waals surface area (Å²) >= 11 is 0. The first kappa shape index (κ1) is 15.3. The largest absolute Gasteiger partial charge is 0.477 e. The molecule has 0 aromatic carbocycles. The molecule has 4 heteroatoms. The molecule has 2 rings (SSSR count). The monoisotopic (exact) mass is 278 g/mol. The summed E-state index contributed by atoms with van der Waals surface area (Å²) in [6, 6.07) is 2.12. The Morgan fingerprint density at radius 2 is 2.10 bits per heavy atom. The van der Waals surface area contributed by atoms with Crippen LogP contribution in [0, 0.1) is 19.8 Å². The van der Waals surface area contributed by atoms with Gasteiger partial charge in [-0.1, -0.05) is 6.92 Å². The Morgan fingerprint density at radius 1 is 1.35 bits per heavy atom. The van der Waals surface area contributed by atoms with E-state index in [1.54, 1.807) is 0 Å². The Bertz CT molecular complexity index is 429. The van der Waals surface area contributed by atoms with Crippen LogP contribution in [-0.4, -0.2) is 31.3 Å². The minimum Gasteiger partial charge on any atom is -0.477 e. The summed E-state index contributed by atoms with van der Waals surface area (Å²) in [7, 11) is 0. The van der Waals surface area contributed by atoms with Crippen LogP contribution in [0.25, 0.3) is 0 Å². The van der Waals surface area contributed by atoms with Crippen molar-refractivity contribution in [2.45, 2.75) is 40.2 Å². The molecule has 0 unspecified atom stereocenters. The highest BCUT2D eigenvalue weighted by Crippen LogP contribution is 2.23. The van der Waals surface area contributed by atoms with Gasteiger partial charge in [-0.05, 0) is 50.8 Å². The van der Waals surface area contributed by atoms with Crippen LogP contribution >= 0.6 is 0 Å². The lowest BCUT2D eigenvalue weighted by Crippen LogP contribution is -2.22. The highest BCUT2D eigenvalue weighted by atomic mass is 16.5. The lowest BCUT2D eigenvalue weighted by Gasteiger charge is -2.23. The first-order valence-electron chi connectivity index (χ1n) is 7.59. The molecular formula is C16H26N2O2. The van der Waals surface area contributed by atoms with Crippen molar-refractivity contribution in [1.82, 2.24) is 10.3 Å². The molecule has 1 fully saturated rings. The molecule has 1 aliphatic rings. The maximum absolute atomic E-state index is 6.03. The quantitative estimate of drug-likeness (QED) is 0.868. The molecule has 2 heterocycles. The number of pyridine rings is 1. The predicted octanol–water partition coefficient (Wildman–Crippen LogP) is 2.61. The number of rotatable bonds is 6. The Morgan fingerprint density at radius 3 is 2.80 bits per heavy atom. The van der Waals surface area contributed by atoms with Crippen molar-refractivity contribution < 1.29 is 9.47 Å². The standard InChI is InChI=1S/C16H26N2O2/c1-4-17-10-15-12(2)9-13(3)18-16(15)20-11-14-5-7-19-8-6-14/h9,14,17H,4-8,10-11H2,1-3H3. The van der Waals surface area contributed by atoms with E-state index in [0.717, 1.165) is 57.3 Å². The molecule has 0 saturated carbocycles. The van der Waals surface area contributed by atoms with Crippen LogP contribution in [0.2, 0.25) is 0 Å². The minimum atomic E-state index is 0.596. The fourth-order valence-corrected chi connectivity index (χ4v) is 2.52. The molecule has 0 atom stereocenters. The smallest absolute Gasteiger partial charge is 0.218 e. The van der Waals surface area contributed by atoms with Crippen molar-refractivity contribution in [2.75, 3.05) is 26.4 Å². The van der Waals surface area contributed by atoms with Crippen LogP contribution in [0.4, 0.5) is 0 Å². The molecule has 4 nitrogen and oxygen atoms in total. The average molecular weight is 278 g/mol. The van der Waals surface area contributed by atoms with Gasteiger partial charge < -0.3 is 14.8 Å². The number of hydrogen-bond donors (Lipinski definition) is 1. The van der Waals surface area contributed by atoms with E-state index in [9.17, 15) is 0 Å². The van der Waals surface area contributed by atoms with Crippen molar-refractivity contribution in [3.8, 4) is 5.88 Å². The van der Waals surface area contributed by atoms with Crippen LogP contribution in [0.15, 0.2) is 6.07 Å². The zero-order valence-corrected chi connectivity index (χ0v) is 12.9. The number of hydrogen-bond acceptors (Lipinski definition) is 4. The molecular weight excluding hydrogens is 252 g/mol. The highest BCUT2D eigenvalue weighted by Gasteiger charge is 2.16. The third-order valence-corrected chi connectivity index (χ3v) is 3.79. The Hall–Kier alpha value is -1.13. The first-order chi connectivity index (χ1) is 9.70. The van der Waals surface area contributed by atoms with Gasteiger partial charge in [0.1, 0.15) is 0 Å². The number of aromatic nitrogens is 1. The molecule has 1 aliphatic heterocycles. The van der Waals surface area contributed by atoms with E-state index in [2.05, 4.69) is 30.2 Å². The van der Waals surface area contributed by atoms with Gasteiger partial charge in [-0.15, -0.1) is 0 Å². The maximum Gasteiger partial charge on any atom is 0.218 e. The van der Waals surface area contributed by atoms with Crippen molar-refractivity contribution in [3.05, 3.63) is 22.9 Å². The van der Waals surface area contributed by atoms with E-state index < -0.39 is 0 Å². The van der Waals surface area contributed by atoms with E-state index in [1.165, 1.54) is 11.1 Å². The second-order valence-corrected chi connectivity index (χ2v) is 5.51. The van der Waals surface area contributed by atoms with E-state index >= 15 is 0 Å². The third kappa shape index (κ3) is 4.18. The van der Waals surface area contributed by atoms with Gasteiger partial charge in [-0.3, -0.25) is 0 Å². The molecule has 1 aromatic heterocycles. The predicted molar refractivity (Wildman–Crippen MR) is 80.1 cm³/mol. The summed E-state index contributed by atoms with van der Waals surface area (Å²) in [4.78, 5) is 4.58. The summed E-state index contributed by atoms with van der Waals surface area (Å²) in [5.74, 6) is 1.40. The second-order valence-electron chi connectivity index (χ2n) is 5.51. The number of aryl methyl sites for hydroxylation is 2. The van der Waals surface area contributed by atoms with Gasteiger partial charge in [0.2, 0.25) is 5.88 Å². The highest BCUT2D eigenvalue weighted by molar-refractivity contribution is 5.35. The first-order valence-corrected chi connectivity index (χ1v) is 7.59. The molecule has 0 amide bonds. The van der Waals surface area contributed by atoms with E-state index in [1.807, 2.05) is 6.92 Å². The lowest BCUT2D eigenvalue weighted by atomic mass is 10.0. The fraction of sp³-hybridized carbons (Fsp3) is 0.688. The van der Waals surface area contributed by atoms with Crippen LogP contribution in [0.3, 0.4) is 0 Å². The number of ether oxygens (including phenoxy) is 2. The van der Waals surface area contributed by atoms with Crippen LogP contribution in [0.5, 0.6) is 5.88 Å². The molecule has 112 valence electrons. The molecule has 0 aliphatic carbocycles. The molecule has 0 spiro atoms. The van der Waals surface area contributed by atoms with Crippen LogP contribution in [-0.2, 0) is 11.3 Å². The number of nitrogens with one attached hydrogen (secondary N) is 1. The topological polar surface area (TPSA) is 43.4 Å². The van der Waals surface area contributed by atoms with Gasteiger partial charge in [0, 0.05) is 31.0 Å². The zero-order chi connectivity index (χ0) is 14.4. The van der Waals surface area contributed by atoms with E-state index in [-0.39, 0.29) is 0 Å². The second kappa shape index (κ2) is 7.60. The summed E-state index contributed by atoms with van der Waals surface area (Å²) in [5.41, 5.74) is 3.45. The van der Waals surface area contributed by atoms with Gasteiger partial charge in [0.05, 0.1) is 6.61 Å². The summed E-state index contributed by atoms with van der Waals surface area (Å²) in [5, 5.41) is 3.36. The SMILES string of the molecule is CCNCc1c(C)cc(C)nc1OCC1CCOCC1. The van der Waals surface area contributed by atoms with E-state index in [0.29, 0.717) is 5.92 Å². The van der Waals surface area contributed by atoms with Crippen LogP contribution in [0.1, 0.15) is 36.6 Å². The molecule has 20 heavy (non-hydrogen) atoms. The lowest BCUT2D eigenvalue weighted by molar-refractivity contribution is 0.0488. The zero-order valence-electron chi connectivity index (χ0n) is 12.9. The van der Waals surface area contributed by atoms with Gasteiger partial charge in [0.15, 0.2) is 0 Å². The molecule has 0 radical (unpaired) electrons. The Balaban J connectivity index is 2.03. The minimum absolute atomic E-state index is 0.596. The van der Waals surface area contributed by atoms with Gasteiger partial charge in [-0.25, -0.2) is 4.98 Å². The van der Waals surface area contributed by atoms with Crippen LogP contribution < -0.4 is 10.1 Å². The van der Waals surface area contributed by atoms with Crippen molar-refractivity contribution in [2.24, 2.45) is 5.92 Å². The van der Waals surface area contributed by atoms with E-state index in [4.69, 9.17) is 9.47 Å². The van der Waals surface area contributed by atoms with Crippen molar-refractivity contribution in [1.29, 1.82) is 0 Å². The van der Waals surface area contributed by atoms with Gasteiger partial charge in [0.25, 0.3) is 0 Å². The van der Waals surface area contributed by atoms with Gasteiger partial charge >= 0.3 is 0 Å². The maximum atomic E-state index is 6.03. The summed E-state index contributed by atoms with van der Waals surface area (Å²) < 4.78 is 11.4. The fourth-order valence-electron chi connectivity index (χ4n) is 2.52. The average Bonchev–Trinajstić information content (AvgIpc) is 2.45. The normalized spacial score (nSPS) is 16.4. The number of nitrogens with zero attached hydrogens (tertiary/aromatic N) is 1. The summed E-state index contributed by atoms with van der Waals surface area (Å²) in [6.45, 7) is 10.5. The Kier molecular flexibility index (Phi) is 5.80. The molecule has 0 bridgehead atoms.